The number of nitrogens with zero attached hydrogens (tertiary/aromatic N) is 2. The van der Waals surface area contributed by atoms with E-state index in [1.807, 2.05) is 31.2 Å². The molecule has 0 atom stereocenters. The summed E-state index contributed by atoms with van der Waals surface area (Å²) >= 11 is 6.06. The van der Waals surface area contributed by atoms with Gasteiger partial charge in [0.05, 0.1) is 18.2 Å². The second kappa shape index (κ2) is 8.05. The van der Waals surface area contributed by atoms with E-state index in [0.717, 1.165) is 11.3 Å². The van der Waals surface area contributed by atoms with Gasteiger partial charge in [-0.15, -0.1) is 0 Å². The fourth-order valence-corrected chi connectivity index (χ4v) is 2.73. The predicted octanol–water partition coefficient (Wildman–Crippen LogP) is 3.02. The molecule has 8 heteroatoms. The lowest BCUT2D eigenvalue weighted by Crippen LogP contribution is -2.25. The molecule has 0 spiro atoms. The summed E-state index contributed by atoms with van der Waals surface area (Å²) < 4.78 is 10.2. The number of halogens is 1. The number of cyclic esters (lactones) is 1. The second-order valence-electron chi connectivity index (χ2n) is 5.53. The van der Waals surface area contributed by atoms with Crippen LogP contribution in [0.5, 0.6) is 5.88 Å². The Morgan fingerprint density at radius 3 is 2.96 bits per heavy atom. The molecule has 2 heterocycles. The Bertz CT molecular complexity index is 828. The van der Waals surface area contributed by atoms with E-state index in [9.17, 15) is 9.59 Å². The van der Waals surface area contributed by atoms with Gasteiger partial charge >= 0.3 is 6.09 Å². The van der Waals surface area contributed by atoms with E-state index in [0.29, 0.717) is 25.6 Å². The van der Waals surface area contributed by atoms with E-state index in [1.165, 1.54) is 0 Å². The molecular formula is C18H18ClN3O4. The van der Waals surface area contributed by atoms with Crippen LogP contribution >= 0.6 is 11.6 Å². The van der Waals surface area contributed by atoms with Crippen LogP contribution in [0.2, 0.25) is 5.02 Å². The number of pyridine rings is 1. The molecule has 26 heavy (non-hydrogen) atoms. The molecular weight excluding hydrogens is 358 g/mol. The number of carbonyl (C=O) groups is 2. The average Bonchev–Trinajstić information content (AvgIpc) is 3.08. The van der Waals surface area contributed by atoms with Crippen molar-refractivity contribution < 1.29 is 19.1 Å². The smallest absolute Gasteiger partial charge is 0.414 e. The van der Waals surface area contributed by atoms with Crippen molar-refractivity contribution in [2.24, 2.45) is 0 Å². The van der Waals surface area contributed by atoms with Crippen molar-refractivity contribution in [1.29, 1.82) is 0 Å². The first-order chi connectivity index (χ1) is 12.6. The molecule has 0 unspecified atom stereocenters. The maximum Gasteiger partial charge on any atom is 0.414 e. The number of hydrogen-bond donors (Lipinski definition) is 1. The Morgan fingerprint density at radius 1 is 1.38 bits per heavy atom. The Morgan fingerprint density at radius 2 is 2.23 bits per heavy atom. The molecule has 1 fully saturated rings. The van der Waals surface area contributed by atoms with Gasteiger partial charge in [-0.25, -0.2) is 9.78 Å². The molecule has 1 saturated heterocycles. The molecule has 1 aromatic carbocycles. The number of hydrogen-bond acceptors (Lipinski definition) is 5. The minimum atomic E-state index is -0.400. The quantitative estimate of drug-likeness (QED) is 0.839. The van der Waals surface area contributed by atoms with E-state index in [1.54, 1.807) is 17.0 Å². The van der Waals surface area contributed by atoms with Gasteiger partial charge in [0.25, 0.3) is 5.91 Å². The highest BCUT2D eigenvalue weighted by Crippen LogP contribution is 2.21. The second-order valence-corrected chi connectivity index (χ2v) is 5.94. The van der Waals surface area contributed by atoms with E-state index in [4.69, 9.17) is 21.1 Å². The zero-order chi connectivity index (χ0) is 18.5. The number of rotatable bonds is 6. The van der Waals surface area contributed by atoms with Gasteiger partial charge in [-0.1, -0.05) is 23.7 Å². The normalized spacial score (nSPS) is 13.5. The summed E-state index contributed by atoms with van der Waals surface area (Å²) in [6.07, 6.45) is -0.366. The van der Waals surface area contributed by atoms with Crippen LogP contribution in [0.1, 0.15) is 23.0 Å². The molecule has 1 aromatic heterocycles. The maximum absolute atomic E-state index is 12.4. The van der Waals surface area contributed by atoms with Gasteiger partial charge in [0.2, 0.25) is 5.88 Å². The highest BCUT2D eigenvalue weighted by atomic mass is 35.5. The third kappa shape index (κ3) is 4.05. The Balaban J connectivity index is 1.68. The fourth-order valence-electron chi connectivity index (χ4n) is 2.54. The van der Waals surface area contributed by atoms with Gasteiger partial charge in [-0.05, 0) is 30.7 Å². The molecule has 0 saturated carbocycles. The van der Waals surface area contributed by atoms with Crippen molar-refractivity contribution in [3.05, 3.63) is 52.7 Å². The third-order valence-electron chi connectivity index (χ3n) is 3.76. The van der Waals surface area contributed by atoms with E-state index in [-0.39, 0.29) is 23.4 Å². The van der Waals surface area contributed by atoms with Crippen molar-refractivity contribution in [3.63, 3.8) is 0 Å². The third-order valence-corrected chi connectivity index (χ3v) is 4.07. The van der Waals surface area contributed by atoms with Crippen molar-refractivity contribution in [2.45, 2.75) is 13.5 Å². The largest absolute Gasteiger partial charge is 0.478 e. The molecule has 0 aliphatic carbocycles. The number of carbonyl (C=O) groups excluding carboxylic acids is 2. The number of anilines is 1. The van der Waals surface area contributed by atoms with Crippen LogP contribution in [-0.2, 0) is 11.3 Å². The number of amides is 2. The first-order valence-corrected chi connectivity index (χ1v) is 8.57. The maximum atomic E-state index is 12.4. The molecule has 2 amide bonds. The zero-order valence-corrected chi connectivity index (χ0v) is 15.0. The van der Waals surface area contributed by atoms with Gasteiger partial charge in [-0.2, -0.15) is 0 Å². The Kier molecular flexibility index (Phi) is 5.58. The molecule has 2 aromatic rings. The summed E-state index contributed by atoms with van der Waals surface area (Å²) in [5.41, 5.74) is 1.68. The minimum Gasteiger partial charge on any atom is -0.478 e. The highest BCUT2D eigenvalue weighted by molar-refractivity contribution is 6.33. The van der Waals surface area contributed by atoms with Crippen LogP contribution in [0.4, 0.5) is 10.5 Å². The lowest BCUT2D eigenvalue weighted by atomic mass is 10.2. The first-order valence-electron chi connectivity index (χ1n) is 8.19. The number of aromatic nitrogens is 1. The van der Waals surface area contributed by atoms with Crippen LogP contribution in [0.25, 0.3) is 0 Å². The summed E-state index contributed by atoms with van der Waals surface area (Å²) in [5, 5.41) is 3.03. The summed E-state index contributed by atoms with van der Waals surface area (Å²) in [6.45, 7) is 3.44. The van der Waals surface area contributed by atoms with Gasteiger partial charge in [0, 0.05) is 18.3 Å². The van der Waals surface area contributed by atoms with Crippen LogP contribution in [0.3, 0.4) is 0 Å². The van der Waals surface area contributed by atoms with Crippen LogP contribution in [-0.4, -0.2) is 36.7 Å². The van der Waals surface area contributed by atoms with Gasteiger partial charge in [0.1, 0.15) is 6.61 Å². The molecule has 0 bridgehead atoms. The van der Waals surface area contributed by atoms with E-state index < -0.39 is 5.91 Å². The molecule has 7 nitrogen and oxygen atoms in total. The van der Waals surface area contributed by atoms with Crippen molar-refractivity contribution in [1.82, 2.24) is 10.3 Å². The summed E-state index contributed by atoms with van der Waals surface area (Å²) in [5.74, 6) is -0.0564. The van der Waals surface area contributed by atoms with Gasteiger partial charge in [0.15, 0.2) is 5.69 Å². The number of benzene rings is 1. The van der Waals surface area contributed by atoms with Crippen molar-refractivity contribution >= 4 is 29.3 Å². The fraction of sp³-hybridized carbons (Fsp3) is 0.278. The molecule has 1 aliphatic heterocycles. The predicted molar refractivity (Wildman–Crippen MR) is 96.7 cm³/mol. The summed E-state index contributed by atoms with van der Waals surface area (Å²) in [6, 6.07) is 10.5. The number of nitrogens with one attached hydrogen (secondary N) is 1. The van der Waals surface area contributed by atoms with E-state index in [2.05, 4.69) is 10.3 Å². The Hall–Kier alpha value is -2.80. The molecule has 1 N–H and O–H groups in total. The van der Waals surface area contributed by atoms with Crippen LogP contribution in [0, 0.1) is 0 Å². The lowest BCUT2D eigenvalue weighted by molar-refractivity contribution is 0.0945. The van der Waals surface area contributed by atoms with Crippen LogP contribution < -0.4 is 15.0 Å². The van der Waals surface area contributed by atoms with Gasteiger partial charge in [-0.3, -0.25) is 9.69 Å². The first kappa shape index (κ1) is 18.0. The minimum absolute atomic E-state index is 0.108. The summed E-state index contributed by atoms with van der Waals surface area (Å²) in [4.78, 5) is 29.7. The molecule has 1 aliphatic rings. The molecule has 136 valence electrons. The van der Waals surface area contributed by atoms with E-state index >= 15 is 0 Å². The lowest BCUT2D eigenvalue weighted by Gasteiger charge is -2.14. The SMILES string of the molecule is CCOc1ccc(Cl)c(C(=O)NCc2cccc(N3CCOC3=O)c2)n1. The van der Waals surface area contributed by atoms with Crippen molar-refractivity contribution in [3.8, 4) is 5.88 Å². The van der Waals surface area contributed by atoms with Crippen LogP contribution in [0.15, 0.2) is 36.4 Å². The topological polar surface area (TPSA) is 80.8 Å². The van der Waals surface area contributed by atoms with Gasteiger partial charge < -0.3 is 14.8 Å². The zero-order valence-electron chi connectivity index (χ0n) is 14.2. The van der Waals surface area contributed by atoms with Crippen molar-refractivity contribution in [2.75, 3.05) is 24.7 Å². The average molecular weight is 376 g/mol. The highest BCUT2D eigenvalue weighted by Gasteiger charge is 2.23. The Labute approximate surface area is 155 Å². The molecule has 3 rings (SSSR count). The number of ether oxygens (including phenoxy) is 2. The molecule has 0 radical (unpaired) electrons. The standard InChI is InChI=1S/C18H18ClN3O4/c1-2-25-15-7-6-14(19)16(21-15)17(23)20-11-12-4-3-5-13(10-12)22-8-9-26-18(22)24/h3-7,10H,2,8-9,11H2,1H3,(H,20,23). The monoisotopic (exact) mass is 375 g/mol. The summed E-state index contributed by atoms with van der Waals surface area (Å²) in [7, 11) is 0.